The van der Waals surface area contributed by atoms with Crippen molar-refractivity contribution >= 4 is 11.6 Å². The first-order valence-electron chi connectivity index (χ1n) is 7.13. The number of rotatable bonds is 2. The molecule has 0 saturated heterocycles. The maximum absolute atomic E-state index is 13.2. The van der Waals surface area contributed by atoms with E-state index in [-0.39, 0.29) is 11.2 Å². The quantitative estimate of drug-likeness (QED) is 0.771. The standard InChI is InChI=1S/C17H11F3N2O3/c1-9-13(17(18,19)20)21-14-12(3-2-8-22(14)15(9)23)10-4-6-11(7-5-10)16(24)25/h2-8H,1H3,(H,24,25). The van der Waals surface area contributed by atoms with E-state index in [9.17, 15) is 22.8 Å². The summed E-state index contributed by atoms with van der Waals surface area (Å²) in [5, 5.41) is 8.93. The van der Waals surface area contributed by atoms with Crippen LogP contribution in [0.25, 0.3) is 16.8 Å². The van der Waals surface area contributed by atoms with Gasteiger partial charge >= 0.3 is 12.1 Å². The van der Waals surface area contributed by atoms with Crippen LogP contribution in [0, 0.1) is 6.92 Å². The summed E-state index contributed by atoms with van der Waals surface area (Å²) < 4.78 is 40.5. The topological polar surface area (TPSA) is 71.7 Å². The average molecular weight is 348 g/mol. The van der Waals surface area contributed by atoms with Crippen molar-refractivity contribution in [3.05, 3.63) is 69.8 Å². The van der Waals surface area contributed by atoms with Crippen LogP contribution >= 0.6 is 0 Å². The van der Waals surface area contributed by atoms with E-state index in [1.165, 1.54) is 42.6 Å². The third-order valence-electron chi connectivity index (χ3n) is 3.79. The lowest BCUT2D eigenvalue weighted by molar-refractivity contribution is -0.141. The predicted molar refractivity (Wildman–Crippen MR) is 83.6 cm³/mol. The third kappa shape index (κ3) is 2.86. The number of carbonyl (C=O) groups is 1. The Morgan fingerprint density at radius 3 is 2.36 bits per heavy atom. The molecule has 0 bridgehead atoms. The van der Waals surface area contributed by atoms with Crippen molar-refractivity contribution < 1.29 is 23.1 Å². The summed E-state index contributed by atoms with van der Waals surface area (Å²) in [7, 11) is 0. The van der Waals surface area contributed by atoms with E-state index in [1.54, 1.807) is 0 Å². The summed E-state index contributed by atoms with van der Waals surface area (Å²) in [6, 6.07) is 8.61. The fourth-order valence-corrected chi connectivity index (χ4v) is 2.54. The molecule has 0 unspecified atom stereocenters. The number of carboxylic acids is 1. The molecule has 0 aliphatic carbocycles. The zero-order valence-corrected chi connectivity index (χ0v) is 12.8. The third-order valence-corrected chi connectivity index (χ3v) is 3.79. The van der Waals surface area contributed by atoms with Crippen LogP contribution in [0.2, 0.25) is 0 Å². The lowest BCUT2D eigenvalue weighted by atomic mass is 10.0. The number of hydrogen-bond donors (Lipinski definition) is 1. The molecule has 1 aromatic carbocycles. The van der Waals surface area contributed by atoms with E-state index in [0.717, 1.165) is 11.3 Å². The molecular weight excluding hydrogens is 337 g/mol. The second kappa shape index (κ2) is 5.73. The molecule has 5 nitrogen and oxygen atoms in total. The molecule has 3 rings (SSSR count). The van der Waals surface area contributed by atoms with Gasteiger partial charge in [-0.3, -0.25) is 9.20 Å². The van der Waals surface area contributed by atoms with Crippen LogP contribution in [-0.2, 0) is 6.18 Å². The fourth-order valence-electron chi connectivity index (χ4n) is 2.54. The summed E-state index contributed by atoms with van der Waals surface area (Å²) >= 11 is 0. The zero-order chi connectivity index (χ0) is 18.4. The number of aromatic carboxylic acids is 1. The highest BCUT2D eigenvalue weighted by Crippen LogP contribution is 2.31. The Bertz CT molecular complexity index is 1040. The summed E-state index contributed by atoms with van der Waals surface area (Å²) in [4.78, 5) is 26.8. The van der Waals surface area contributed by atoms with E-state index in [1.807, 2.05) is 0 Å². The van der Waals surface area contributed by atoms with E-state index >= 15 is 0 Å². The highest BCUT2D eigenvalue weighted by atomic mass is 19.4. The van der Waals surface area contributed by atoms with E-state index in [0.29, 0.717) is 11.1 Å². The van der Waals surface area contributed by atoms with Crippen molar-refractivity contribution in [2.75, 3.05) is 0 Å². The molecule has 0 amide bonds. The molecule has 25 heavy (non-hydrogen) atoms. The summed E-state index contributed by atoms with van der Waals surface area (Å²) in [6.45, 7) is 1.08. The van der Waals surface area contributed by atoms with Gasteiger partial charge in [-0.25, -0.2) is 9.78 Å². The van der Waals surface area contributed by atoms with Crippen molar-refractivity contribution in [1.82, 2.24) is 9.38 Å². The SMILES string of the molecule is Cc1c(C(F)(F)F)nc2c(-c3ccc(C(=O)O)cc3)cccn2c1=O. The molecule has 0 aliphatic heterocycles. The van der Waals surface area contributed by atoms with Crippen molar-refractivity contribution in [3.8, 4) is 11.1 Å². The van der Waals surface area contributed by atoms with Gasteiger partial charge in [-0.15, -0.1) is 0 Å². The number of nitrogens with zero attached hydrogens (tertiary/aromatic N) is 2. The Morgan fingerprint density at radius 2 is 1.80 bits per heavy atom. The lowest BCUT2D eigenvalue weighted by Crippen LogP contribution is -2.24. The number of carboxylic acid groups (broad SMARTS) is 1. The van der Waals surface area contributed by atoms with Gasteiger partial charge in [0.15, 0.2) is 5.69 Å². The maximum atomic E-state index is 13.2. The first-order chi connectivity index (χ1) is 11.7. The molecular formula is C17H11F3N2O3. The van der Waals surface area contributed by atoms with Gasteiger partial charge in [0.05, 0.1) is 5.56 Å². The van der Waals surface area contributed by atoms with E-state index < -0.39 is 29.0 Å². The minimum Gasteiger partial charge on any atom is -0.478 e. The Labute approximate surface area is 139 Å². The zero-order valence-electron chi connectivity index (χ0n) is 12.8. The molecule has 128 valence electrons. The number of hydrogen-bond acceptors (Lipinski definition) is 3. The van der Waals surface area contributed by atoms with Crippen LogP contribution in [0.1, 0.15) is 21.6 Å². The highest BCUT2D eigenvalue weighted by Gasteiger charge is 2.36. The van der Waals surface area contributed by atoms with Gasteiger partial charge in [-0.2, -0.15) is 13.2 Å². The molecule has 8 heteroatoms. The van der Waals surface area contributed by atoms with Crippen molar-refractivity contribution in [3.63, 3.8) is 0 Å². The molecule has 3 aromatic rings. The fraction of sp³-hybridized carbons (Fsp3) is 0.118. The molecule has 0 radical (unpaired) electrons. The number of halogens is 3. The second-order valence-electron chi connectivity index (χ2n) is 5.39. The summed E-state index contributed by atoms with van der Waals surface area (Å²) in [6.07, 6.45) is -3.41. The molecule has 2 heterocycles. The van der Waals surface area contributed by atoms with Crippen LogP contribution in [0.15, 0.2) is 47.4 Å². The second-order valence-corrected chi connectivity index (χ2v) is 5.39. The molecule has 0 saturated carbocycles. The number of fused-ring (bicyclic) bond motifs is 1. The minimum absolute atomic E-state index is 0.0425. The first kappa shape index (κ1) is 16.7. The van der Waals surface area contributed by atoms with Crippen molar-refractivity contribution in [1.29, 1.82) is 0 Å². The molecule has 2 aromatic heterocycles. The van der Waals surface area contributed by atoms with Gasteiger partial charge in [0.2, 0.25) is 0 Å². The molecule has 0 fully saturated rings. The van der Waals surface area contributed by atoms with Crippen LogP contribution in [0.3, 0.4) is 0 Å². The normalized spacial score (nSPS) is 11.7. The minimum atomic E-state index is -4.75. The number of benzene rings is 1. The maximum Gasteiger partial charge on any atom is 0.433 e. The molecule has 0 aliphatic rings. The Balaban J connectivity index is 2.31. The van der Waals surface area contributed by atoms with Gasteiger partial charge < -0.3 is 5.11 Å². The van der Waals surface area contributed by atoms with Gasteiger partial charge in [0, 0.05) is 17.3 Å². The molecule has 0 spiro atoms. The van der Waals surface area contributed by atoms with Gasteiger partial charge in [-0.1, -0.05) is 12.1 Å². The smallest absolute Gasteiger partial charge is 0.433 e. The van der Waals surface area contributed by atoms with Gasteiger partial charge in [0.1, 0.15) is 5.65 Å². The molecule has 0 atom stereocenters. The molecule has 1 N–H and O–H groups in total. The van der Waals surface area contributed by atoms with Gasteiger partial charge in [0.25, 0.3) is 5.56 Å². The Kier molecular flexibility index (Phi) is 3.82. The van der Waals surface area contributed by atoms with Gasteiger partial charge in [-0.05, 0) is 36.8 Å². The van der Waals surface area contributed by atoms with Crippen molar-refractivity contribution in [2.45, 2.75) is 13.1 Å². The largest absolute Gasteiger partial charge is 0.478 e. The van der Waals surface area contributed by atoms with Crippen LogP contribution in [0.5, 0.6) is 0 Å². The summed E-state index contributed by atoms with van der Waals surface area (Å²) in [5.74, 6) is -1.12. The van der Waals surface area contributed by atoms with Crippen LogP contribution < -0.4 is 5.56 Å². The van der Waals surface area contributed by atoms with Crippen molar-refractivity contribution in [2.24, 2.45) is 0 Å². The predicted octanol–water partition coefficient (Wildman–Crippen LogP) is 3.39. The Hall–Kier alpha value is -3.16. The van der Waals surface area contributed by atoms with E-state index in [2.05, 4.69) is 4.98 Å². The first-order valence-corrected chi connectivity index (χ1v) is 7.13. The monoisotopic (exact) mass is 348 g/mol. The van der Waals surface area contributed by atoms with E-state index in [4.69, 9.17) is 5.11 Å². The summed E-state index contributed by atoms with van der Waals surface area (Å²) in [5.41, 5.74) is -1.87. The number of aromatic nitrogens is 2. The number of alkyl halides is 3. The number of pyridine rings is 1. The van der Waals surface area contributed by atoms with Crippen LogP contribution in [-0.4, -0.2) is 20.5 Å². The van der Waals surface area contributed by atoms with Crippen LogP contribution in [0.4, 0.5) is 13.2 Å². The average Bonchev–Trinajstić information content (AvgIpc) is 2.56. The highest BCUT2D eigenvalue weighted by molar-refractivity contribution is 5.89. The lowest BCUT2D eigenvalue weighted by Gasteiger charge is -2.13. The Morgan fingerprint density at radius 1 is 1.16 bits per heavy atom.